The van der Waals surface area contributed by atoms with E-state index in [-0.39, 0.29) is 4.90 Å². The van der Waals surface area contributed by atoms with Crippen molar-refractivity contribution in [1.82, 2.24) is 0 Å². The summed E-state index contributed by atoms with van der Waals surface area (Å²) in [6.45, 7) is 0. The summed E-state index contributed by atoms with van der Waals surface area (Å²) in [6.07, 6.45) is 1.89. The zero-order valence-electron chi connectivity index (χ0n) is 13.2. The Kier molecular flexibility index (Phi) is 3.46. The summed E-state index contributed by atoms with van der Waals surface area (Å²) in [7, 11) is -2.08. The Hall–Kier alpha value is -2.53. The maximum atomic E-state index is 12.7. The number of methoxy groups -OCH3 is 1. The number of benzene rings is 3. The van der Waals surface area contributed by atoms with Gasteiger partial charge in [0.2, 0.25) is 0 Å². The highest BCUT2D eigenvalue weighted by molar-refractivity contribution is 7.92. The summed E-state index contributed by atoms with van der Waals surface area (Å²) in [6, 6.07) is 16.3. The van der Waals surface area contributed by atoms with Crippen molar-refractivity contribution in [3.8, 4) is 5.75 Å². The Morgan fingerprint density at radius 1 is 0.958 bits per heavy atom. The summed E-state index contributed by atoms with van der Waals surface area (Å²) in [5.74, 6) is 0.567. The molecule has 0 heterocycles. The summed E-state index contributed by atoms with van der Waals surface area (Å²) >= 11 is 0. The highest BCUT2D eigenvalue weighted by atomic mass is 32.2. The third kappa shape index (κ3) is 2.32. The molecular weight excluding hydrogens is 322 g/mol. The second kappa shape index (κ2) is 5.53. The number of anilines is 1. The van der Waals surface area contributed by atoms with Crippen LogP contribution in [-0.4, -0.2) is 15.5 Å². The molecule has 0 amide bonds. The van der Waals surface area contributed by atoms with Crippen LogP contribution in [-0.2, 0) is 22.9 Å². The van der Waals surface area contributed by atoms with E-state index in [1.165, 1.54) is 10.9 Å². The van der Waals surface area contributed by atoms with E-state index >= 15 is 0 Å². The van der Waals surface area contributed by atoms with Gasteiger partial charge in [-0.1, -0.05) is 36.4 Å². The number of ether oxygens (including phenoxy) is 1. The van der Waals surface area contributed by atoms with Crippen LogP contribution < -0.4 is 9.46 Å². The first-order chi connectivity index (χ1) is 11.6. The molecule has 24 heavy (non-hydrogen) atoms. The molecule has 1 aliphatic carbocycles. The average molecular weight is 339 g/mol. The van der Waals surface area contributed by atoms with Crippen molar-refractivity contribution >= 4 is 26.5 Å². The number of rotatable bonds is 4. The van der Waals surface area contributed by atoms with Crippen molar-refractivity contribution in [3.63, 3.8) is 0 Å². The molecule has 0 unspecified atom stereocenters. The number of hydrogen-bond acceptors (Lipinski definition) is 3. The fourth-order valence-corrected chi connectivity index (χ4v) is 4.47. The smallest absolute Gasteiger partial charge is 0.262 e. The molecular formula is C19H17NO3S. The molecule has 0 aromatic heterocycles. The summed E-state index contributed by atoms with van der Waals surface area (Å²) in [4.78, 5) is 0.234. The first-order valence-electron chi connectivity index (χ1n) is 7.79. The van der Waals surface area contributed by atoms with E-state index in [0.29, 0.717) is 11.4 Å². The van der Waals surface area contributed by atoms with Crippen LogP contribution in [0.5, 0.6) is 5.75 Å². The lowest BCUT2D eigenvalue weighted by Gasteiger charge is -2.15. The minimum absolute atomic E-state index is 0.234. The van der Waals surface area contributed by atoms with Gasteiger partial charge in [-0.25, -0.2) is 8.42 Å². The van der Waals surface area contributed by atoms with Crippen molar-refractivity contribution in [2.45, 2.75) is 17.7 Å². The third-order valence-electron chi connectivity index (χ3n) is 4.45. The van der Waals surface area contributed by atoms with Crippen LogP contribution in [0.15, 0.2) is 59.5 Å². The Bertz CT molecular complexity index is 1030. The summed E-state index contributed by atoms with van der Waals surface area (Å²) in [5, 5.41) is 2.15. The fourth-order valence-electron chi connectivity index (χ4n) is 3.40. The van der Waals surface area contributed by atoms with E-state index in [1.54, 1.807) is 37.4 Å². The molecule has 0 atom stereocenters. The van der Waals surface area contributed by atoms with Crippen LogP contribution in [0.3, 0.4) is 0 Å². The molecule has 1 aliphatic rings. The van der Waals surface area contributed by atoms with E-state index in [4.69, 9.17) is 4.74 Å². The molecule has 1 N–H and O–H groups in total. The molecule has 0 saturated heterocycles. The predicted octanol–water partition coefficient (Wildman–Crippen LogP) is 3.75. The predicted molar refractivity (Wildman–Crippen MR) is 95.2 cm³/mol. The third-order valence-corrected chi connectivity index (χ3v) is 5.83. The highest BCUT2D eigenvalue weighted by Gasteiger charge is 2.22. The quantitative estimate of drug-likeness (QED) is 0.788. The first-order valence-corrected chi connectivity index (χ1v) is 9.28. The van der Waals surface area contributed by atoms with Crippen molar-refractivity contribution in [1.29, 1.82) is 0 Å². The lowest BCUT2D eigenvalue weighted by Crippen LogP contribution is -2.13. The van der Waals surface area contributed by atoms with Gasteiger partial charge in [0.25, 0.3) is 10.0 Å². The molecule has 4 rings (SSSR count). The minimum Gasteiger partial charge on any atom is -0.494 e. The van der Waals surface area contributed by atoms with Gasteiger partial charge in [-0.2, -0.15) is 0 Å². The Balaban J connectivity index is 1.87. The molecule has 0 spiro atoms. The molecule has 5 heteroatoms. The van der Waals surface area contributed by atoms with E-state index < -0.39 is 10.0 Å². The number of aryl methyl sites for hydroxylation is 2. The van der Waals surface area contributed by atoms with Gasteiger partial charge >= 0.3 is 0 Å². The minimum atomic E-state index is -3.65. The molecule has 0 aliphatic heterocycles. The Labute approximate surface area is 141 Å². The zero-order valence-corrected chi connectivity index (χ0v) is 14.1. The van der Waals surface area contributed by atoms with Gasteiger partial charge in [-0.05, 0) is 47.6 Å². The summed E-state index contributed by atoms with van der Waals surface area (Å²) < 4.78 is 33.5. The molecule has 0 saturated carbocycles. The fraction of sp³-hybridized carbons (Fsp3) is 0.158. The van der Waals surface area contributed by atoms with Crippen LogP contribution in [0.25, 0.3) is 10.8 Å². The van der Waals surface area contributed by atoms with Gasteiger partial charge in [0.05, 0.1) is 17.7 Å². The van der Waals surface area contributed by atoms with Crippen molar-refractivity contribution < 1.29 is 13.2 Å². The van der Waals surface area contributed by atoms with Gasteiger partial charge in [0.15, 0.2) is 5.75 Å². The van der Waals surface area contributed by atoms with Crippen LogP contribution >= 0.6 is 0 Å². The zero-order chi connectivity index (χ0) is 16.7. The molecule has 3 aromatic carbocycles. The standard InChI is InChI=1S/C19H17NO3S/c1-23-19-16-9-5-6-13-10-11-14(18(13)16)12-17(19)20-24(21,22)15-7-3-2-4-8-15/h2-9,12,20H,10-11H2,1H3. The van der Waals surface area contributed by atoms with Crippen LogP contribution in [0, 0.1) is 0 Å². The van der Waals surface area contributed by atoms with Crippen LogP contribution in [0.1, 0.15) is 11.1 Å². The van der Waals surface area contributed by atoms with Gasteiger partial charge in [0, 0.05) is 5.39 Å². The molecule has 4 nitrogen and oxygen atoms in total. The van der Waals surface area contributed by atoms with Gasteiger partial charge in [-0.15, -0.1) is 0 Å². The van der Waals surface area contributed by atoms with E-state index in [1.807, 2.05) is 18.2 Å². The SMILES string of the molecule is COc1c(NS(=O)(=O)c2ccccc2)cc2c3c(cccc13)CC2. The van der Waals surface area contributed by atoms with E-state index in [9.17, 15) is 8.42 Å². The van der Waals surface area contributed by atoms with Crippen LogP contribution in [0.4, 0.5) is 5.69 Å². The molecule has 3 aromatic rings. The normalized spacial score (nSPS) is 13.2. The van der Waals surface area contributed by atoms with Gasteiger partial charge in [-0.3, -0.25) is 4.72 Å². The monoisotopic (exact) mass is 339 g/mol. The van der Waals surface area contributed by atoms with Crippen molar-refractivity contribution in [2.24, 2.45) is 0 Å². The highest BCUT2D eigenvalue weighted by Crippen LogP contribution is 2.41. The van der Waals surface area contributed by atoms with E-state index in [2.05, 4.69) is 10.8 Å². The topological polar surface area (TPSA) is 55.4 Å². The Morgan fingerprint density at radius 2 is 1.71 bits per heavy atom. The van der Waals surface area contributed by atoms with Crippen LogP contribution in [0.2, 0.25) is 0 Å². The average Bonchev–Trinajstić information content (AvgIpc) is 3.00. The second-order valence-electron chi connectivity index (χ2n) is 5.87. The Morgan fingerprint density at radius 3 is 2.46 bits per heavy atom. The molecule has 0 fully saturated rings. The molecule has 0 bridgehead atoms. The number of nitrogens with one attached hydrogen (secondary N) is 1. The maximum absolute atomic E-state index is 12.7. The largest absolute Gasteiger partial charge is 0.494 e. The lowest BCUT2D eigenvalue weighted by molar-refractivity contribution is 0.422. The first kappa shape index (κ1) is 15.0. The van der Waals surface area contributed by atoms with Gasteiger partial charge in [0.1, 0.15) is 0 Å². The van der Waals surface area contributed by atoms with Gasteiger partial charge < -0.3 is 4.74 Å². The van der Waals surface area contributed by atoms with Crippen molar-refractivity contribution in [3.05, 3.63) is 65.7 Å². The molecule has 0 radical (unpaired) electrons. The lowest BCUT2D eigenvalue weighted by atomic mass is 10.0. The second-order valence-corrected chi connectivity index (χ2v) is 7.56. The number of sulfonamides is 1. The number of hydrogen-bond donors (Lipinski definition) is 1. The maximum Gasteiger partial charge on any atom is 0.262 e. The van der Waals surface area contributed by atoms with E-state index in [0.717, 1.165) is 23.8 Å². The summed E-state index contributed by atoms with van der Waals surface area (Å²) in [5.41, 5.74) is 2.94. The van der Waals surface area contributed by atoms with Crippen molar-refractivity contribution in [2.75, 3.05) is 11.8 Å². The molecule has 122 valence electrons.